The first-order valence-corrected chi connectivity index (χ1v) is 13.3. The zero-order valence-electron chi connectivity index (χ0n) is 18.7. The normalized spacial score (nSPS) is 14.5. The molecule has 10 nitrogen and oxygen atoms in total. The molecule has 0 bridgehead atoms. The Bertz CT molecular complexity index is 1450. The lowest BCUT2D eigenvalue weighted by Gasteiger charge is -2.28. The summed E-state index contributed by atoms with van der Waals surface area (Å²) in [6.45, 7) is 2.33. The molecule has 1 aromatic carbocycles. The maximum atomic E-state index is 12.6. The van der Waals surface area contributed by atoms with Gasteiger partial charge in [0.1, 0.15) is 5.82 Å². The van der Waals surface area contributed by atoms with Crippen LogP contribution in [0.4, 0.5) is 11.6 Å². The molecule has 35 heavy (non-hydrogen) atoms. The largest absolute Gasteiger partial charge is 0.395 e. The van der Waals surface area contributed by atoms with Crippen LogP contribution in [-0.4, -0.2) is 67.9 Å². The number of ether oxygens (including phenoxy) is 1. The van der Waals surface area contributed by atoms with E-state index >= 15 is 0 Å². The van der Waals surface area contributed by atoms with Gasteiger partial charge in [-0.3, -0.25) is 0 Å². The molecule has 0 unspecified atom stereocenters. The number of fused-ring (bicyclic) bond motifs is 1. The molecule has 0 saturated carbocycles. The number of morpholine rings is 1. The molecular weight excluding hydrogens is 488 g/mol. The van der Waals surface area contributed by atoms with E-state index in [1.165, 1.54) is 17.4 Å². The molecule has 4 N–H and O–H groups in total. The van der Waals surface area contributed by atoms with E-state index in [0.29, 0.717) is 37.9 Å². The van der Waals surface area contributed by atoms with Crippen molar-refractivity contribution in [1.29, 1.82) is 0 Å². The second kappa shape index (κ2) is 9.84. The summed E-state index contributed by atoms with van der Waals surface area (Å²) in [5, 5.41) is 8.98. The fourth-order valence-corrected chi connectivity index (χ4v) is 5.97. The summed E-state index contributed by atoms with van der Waals surface area (Å²) in [6, 6.07) is 12.2. The van der Waals surface area contributed by atoms with E-state index < -0.39 is 10.0 Å². The highest BCUT2D eigenvalue weighted by Crippen LogP contribution is 2.39. The molecule has 1 saturated heterocycles. The number of nitrogens with two attached hydrogens (primary N) is 1. The van der Waals surface area contributed by atoms with Gasteiger partial charge in [-0.15, -0.1) is 11.3 Å². The predicted octanol–water partition coefficient (Wildman–Crippen LogP) is 2.11. The van der Waals surface area contributed by atoms with Gasteiger partial charge in [0.15, 0.2) is 11.6 Å². The van der Waals surface area contributed by atoms with Crippen molar-refractivity contribution in [3.63, 3.8) is 0 Å². The third-order valence-corrected chi connectivity index (χ3v) is 8.17. The number of aliphatic hydroxyl groups excluding tert-OH is 1. The van der Waals surface area contributed by atoms with Gasteiger partial charge in [-0.25, -0.2) is 28.1 Å². The standard InChI is InChI=1S/C23H24N6O4S2/c24-20-5-4-16(14-25-20)22-27-18-13-19(34-21(18)23(28-22)29-7-10-33-11-8-29)15-2-1-3-17(12-15)35(31,32)26-6-9-30/h1-5,12-14,26,30H,6-11H2,(H2,24,25). The second-order valence-electron chi connectivity index (χ2n) is 7.92. The molecule has 3 aromatic heterocycles. The maximum Gasteiger partial charge on any atom is 0.240 e. The first-order chi connectivity index (χ1) is 16.9. The fraction of sp³-hybridized carbons (Fsp3) is 0.261. The van der Waals surface area contributed by atoms with E-state index in [4.69, 9.17) is 25.5 Å². The smallest absolute Gasteiger partial charge is 0.240 e. The molecular formula is C23H24N6O4S2. The summed E-state index contributed by atoms with van der Waals surface area (Å²) in [4.78, 5) is 17.0. The Kier molecular flexibility index (Phi) is 6.62. The number of aliphatic hydroxyl groups is 1. The molecule has 182 valence electrons. The number of nitrogens with zero attached hydrogens (tertiary/aromatic N) is 4. The molecule has 4 heterocycles. The first-order valence-electron chi connectivity index (χ1n) is 11.0. The zero-order valence-corrected chi connectivity index (χ0v) is 20.3. The number of benzene rings is 1. The lowest BCUT2D eigenvalue weighted by atomic mass is 10.2. The van der Waals surface area contributed by atoms with Crippen LogP contribution < -0.4 is 15.4 Å². The fourth-order valence-electron chi connectivity index (χ4n) is 3.79. The van der Waals surface area contributed by atoms with E-state index in [1.807, 2.05) is 18.2 Å². The summed E-state index contributed by atoms with van der Waals surface area (Å²) in [6.07, 6.45) is 1.65. The van der Waals surface area contributed by atoms with E-state index in [1.54, 1.807) is 24.4 Å². The average molecular weight is 513 g/mol. The molecule has 0 amide bonds. The first kappa shape index (κ1) is 23.6. The quantitative estimate of drug-likeness (QED) is 0.339. The Hall–Kier alpha value is -3.16. The average Bonchev–Trinajstić information content (AvgIpc) is 3.32. The molecule has 12 heteroatoms. The van der Waals surface area contributed by atoms with Crippen LogP contribution in [0.3, 0.4) is 0 Å². The minimum atomic E-state index is -3.73. The molecule has 0 radical (unpaired) electrons. The number of hydrogen-bond acceptors (Lipinski definition) is 10. The third-order valence-electron chi connectivity index (χ3n) is 5.54. The second-order valence-corrected chi connectivity index (χ2v) is 10.7. The van der Waals surface area contributed by atoms with Crippen molar-refractivity contribution in [3.05, 3.63) is 48.7 Å². The summed E-state index contributed by atoms with van der Waals surface area (Å²) in [5.41, 5.74) is 8.02. The number of thiophene rings is 1. The lowest BCUT2D eigenvalue weighted by molar-refractivity contribution is 0.122. The number of anilines is 2. The number of nitrogens with one attached hydrogen (secondary N) is 1. The Morgan fingerprint density at radius 3 is 2.69 bits per heavy atom. The minimum absolute atomic E-state index is 0.0449. The van der Waals surface area contributed by atoms with Crippen molar-refractivity contribution in [3.8, 4) is 21.8 Å². The monoisotopic (exact) mass is 512 g/mol. The maximum absolute atomic E-state index is 12.6. The van der Waals surface area contributed by atoms with Crippen molar-refractivity contribution < 1.29 is 18.3 Å². The van der Waals surface area contributed by atoms with Gasteiger partial charge in [0.05, 0.1) is 34.9 Å². The molecule has 1 aliphatic heterocycles. The topological polar surface area (TPSA) is 144 Å². The number of hydrogen-bond donors (Lipinski definition) is 3. The molecule has 1 fully saturated rings. The van der Waals surface area contributed by atoms with Crippen LogP contribution in [0.5, 0.6) is 0 Å². The Balaban J connectivity index is 1.61. The van der Waals surface area contributed by atoms with Crippen LogP contribution in [0, 0.1) is 0 Å². The van der Waals surface area contributed by atoms with Crippen molar-refractivity contribution in [2.75, 3.05) is 50.1 Å². The number of pyridine rings is 1. The van der Waals surface area contributed by atoms with Gasteiger partial charge in [-0.1, -0.05) is 12.1 Å². The van der Waals surface area contributed by atoms with Gasteiger partial charge in [0.25, 0.3) is 0 Å². The minimum Gasteiger partial charge on any atom is -0.395 e. The Labute approximate surface area is 206 Å². The summed E-state index contributed by atoms with van der Waals surface area (Å²) >= 11 is 1.52. The molecule has 4 aromatic rings. The molecule has 0 aliphatic carbocycles. The van der Waals surface area contributed by atoms with E-state index in [2.05, 4.69) is 14.6 Å². The Morgan fingerprint density at radius 1 is 1.11 bits per heavy atom. The number of aromatic nitrogens is 3. The SMILES string of the molecule is Nc1ccc(-c2nc(N3CCOCC3)c3sc(-c4cccc(S(=O)(=O)NCCO)c4)cc3n2)cn1. The highest BCUT2D eigenvalue weighted by atomic mass is 32.2. The zero-order chi connectivity index (χ0) is 24.4. The third kappa shape index (κ3) is 4.97. The van der Waals surface area contributed by atoms with Crippen LogP contribution in [0.25, 0.3) is 32.0 Å². The highest BCUT2D eigenvalue weighted by Gasteiger charge is 2.21. The van der Waals surface area contributed by atoms with Crippen LogP contribution in [0.1, 0.15) is 0 Å². The summed E-state index contributed by atoms with van der Waals surface area (Å²) in [7, 11) is -3.73. The van der Waals surface area contributed by atoms with Gasteiger partial charge in [0.2, 0.25) is 10.0 Å². The van der Waals surface area contributed by atoms with Gasteiger partial charge in [0, 0.05) is 36.3 Å². The van der Waals surface area contributed by atoms with Gasteiger partial charge in [-0.2, -0.15) is 0 Å². The van der Waals surface area contributed by atoms with Crippen molar-refractivity contribution in [2.24, 2.45) is 0 Å². The number of nitrogen functional groups attached to an aromatic ring is 1. The highest BCUT2D eigenvalue weighted by molar-refractivity contribution is 7.89. The van der Waals surface area contributed by atoms with Gasteiger partial charge in [-0.05, 0) is 35.9 Å². The number of sulfonamides is 1. The number of rotatable bonds is 7. The van der Waals surface area contributed by atoms with E-state index in [-0.39, 0.29) is 18.0 Å². The van der Waals surface area contributed by atoms with Crippen LogP contribution >= 0.6 is 11.3 Å². The molecule has 5 rings (SSSR count). The van der Waals surface area contributed by atoms with Crippen LogP contribution in [0.2, 0.25) is 0 Å². The Morgan fingerprint density at radius 2 is 1.94 bits per heavy atom. The van der Waals surface area contributed by atoms with Gasteiger partial charge >= 0.3 is 0 Å². The summed E-state index contributed by atoms with van der Waals surface area (Å²) < 4.78 is 33.9. The lowest BCUT2D eigenvalue weighted by Crippen LogP contribution is -2.36. The summed E-state index contributed by atoms with van der Waals surface area (Å²) in [5.74, 6) is 1.78. The van der Waals surface area contributed by atoms with E-state index in [0.717, 1.165) is 32.0 Å². The van der Waals surface area contributed by atoms with Crippen LogP contribution in [-0.2, 0) is 14.8 Å². The van der Waals surface area contributed by atoms with Gasteiger partial charge < -0.3 is 20.5 Å². The van der Waals surface area contributed by atoms with Crippen molar-refractivity contribution >= 4 is 43.2 Å². The van der Waals surface area contributed by atoms with Crippen molar-refractivity contribution in [1.82, 2.24) is 19.7 Å². The molecule has 0 atom stereocenters. The van der Waals surface area contributed by atoms with Crippen LogP contribution in [0.15, 0.2) is 53.6 Å². The van der Waals surface area contributed by atoms with E-state index in [9.17, 15) is 8.42 Å². The predicted molar refractivity (Wildman–Crippen MR) is 136 cm³/mol. The molecule has 1 aliphatic rings. The molecule has 0 spiro atoms. The van der Waals surface area contributed by atoms with Crippen molar-refractivity contribution in [2.45, 2.75) is 4.90 Å².